The fourth-order valence-electron chi connectivity index (χ4n) is 10.1. The molecule has 81 heteroatoms. The van der Waals surface area contributed by atoms with Crippen LogP contribution in [0, 0.1) is 5.41 Å². The van der Waals surface area contributed by atoms with E-state index >= 15 is 0 Å². The summed E-state index contributed by atoms with van der Waals surface area (Å²) in [7, 11) is -95.2. The van der Waals surface area contributed by atoms with Crippen LogP contribution in [0.5, 0.6) is 0 Å². The summed E-state index contributed by atoms with van der Waals surface area (Å²) in [5, 5.41) is 0. The second-order valence-electron chi connectivity index (χ2n) is 21.9. The lowest BCUT2D eigenvalue weighted by Gasteiger charge is -2.48. The maximum Gasteiger partial charge on any atom is 0.470 e. The maximum atomic E-state index is 12.4. The summed E-state index contributed by atoms with van der Waals surface area (Å²) in [6, 6.07) is 0. The van der Waals surface area contributed by atoms with Gasteiger partial charge in [-0.2, -0.15) is 0 Å². The Kier molecular flexibility index (Phi) is 39.2. The zero-order chi connectivity index (χ0) is 86.3. The van der Waals surface area contributed by atoms with E-state index in [-0.39, 0.29) is 0 Å². The molecule has 0 amide bonds. The highest BCUT2D eigenvalue weighted by molar-refractivity contribution is 7.50. The SMILES string of the molecule is CCC(COCCOC1[C@@H](OP(=O)(O)O)[C@H](OP(=O)(O)O)C(OP(=O)(O)O)[C@H](OP(=O)(O)O)[C@H]1OP(=O)(O)O)(COCCOC1[C@@H](OP(=O)(O)O)[C@H](OP(=O)(O)O)C(OP(=O)(O)O)[C@H](OP(=O)(O)O)[C@H]1OP(=O)(O)O)COCCOC1[C@@H](OP(=O)(O)O)[C@H](OP(=O)(O)O)C(OP(=O)(O)O)[C@H](OP(=O)(O)O)[C@H]1OP(=O)(O)O. The van der Waals surface area contributed by atoms with Crippen LogP contribution < -0.4 is 0 Å². The van der Waals surface area contributed by atoms with Crippen molar-refractivity contribution in [2.24, 2.45) is 5.41 Å². The molecule has 3 rings (SSSR count). The summed E-state index contributed by atoms with van der Waals surface area (Å²) in [4.78, 5) is 295. The van der Waals surface area contributed by atoms with E-state index in [0.29, 0.717) is 0 Å². The Balaban J connectivity index is 2.31. The summed E-state index contributed by atoms with van der Waals surface area (Å²) >= 11 is 0. The van der Waals surface area contributed by atoms with Crippen molar-refractivity contribution in [2.45, 2.75) is 123 Å². The fourth-order valence-corrected chi connectivity index (χ4v) is 18.5. The maximum absolute atomic E-state index is 12.4. The summed E-state index contributed by atoms with van der Waals surface area (Å²) < 4.78 is 284. The van der Waals surface area contributed by atoms with Crippen LogP contribution in [-0.2, 0) is 165 Å². The van der Waals surface area contributed by atoms with Crippen molar-refractivity contribution in [1.29, 1.82) is 0 Å². The molecular weight excluding hydrogens is 1880 g/mol. The van der Waals surface area contributed by atoms with Gasteiger partial charge in [0.1, 0.15) is 110 Å². The quantitative estimate of drug-likeness (QED) is 0.0199. The molecule has 3 fully saturated rings. The van der Waals surface area contributed by atoms with Gasteiger partial charge in [0.2, 0.25) is 0 Å². The number of rotatable bonds is 49. The molecule has 18 atom stereocenters. The number of phosphoric ester groups is 15. The molecule has 3 aliphatic rings. The monoisotopic (exact) mass is 1950 g/mol. The van der Waals surface area contributed by atoms with E-state index in [4.69, 9.17) is 28.4 Å². The summed E-state index contributed by atoms with van der Waals surface area (Å²) in [6.45, 7) is -9.88. The van der Waals surface area contributed by atoms with Gasteiger partial charge in [0.15, 0.2) is 0 Å². The molecule has 3 aliphatic carbocycles. The molecule has 30 N–H and O–H groups in total. The summed E-state index contributed by atoms with van der Waals surface area (Å²) in [5.41, 5.74) is -2.08. The molecule has 3 saturated carbocycles. The Morgan fingerprint density at radius 2 is 0.279 bits per heavy atom. The molecule has 0 aromatic carbocycles. The van der Waals surface area contributed by atoms with Crippen LogP contribution in [0.4, 0.5) is 0 Å². The average molecular weight is 1950 g/mol. The van der Waals surface area contributed by atoms with Crippen LogP contribution >= 0.6 is 117 Å². The van der Waals surface area contributed by atoms with E-state index in [1.807, 2.05) is 0 Å². The van der Waals surface area contributed by atoms with Gasteiger partial charge in [-0.15, -0.1) is 0 Å². The number of phosphoric acid groups is 15. The molecule has 0 radical (unpaired) electrons. The van der Waals surface area contributed by atoms with Crippen molar-refractivity contribution in [3.8, 4) is 0 Å². The molecule has 0 heterocycles. The second kappa shape index (κ2) is 40.8. The molecule has 0 aromatic heterocycles. The summed E-state index contributed by atoms with van der Waals surface area (Å²) in [5.74, 6) is 0. The molecule has 111 heavy (non-hydrogen) atoms. The molecule has 662 valence electrons. The standard InChI is InChI=1S/C30H71O66P15/c1-2-30(9-76-3-6-79-12-15(82-97(31,32)33)21(88-103(49,50)51)27(94-109(67,68)69)22(89-104(52,53)54)16(12)83-98(34,35)36,10-77-4-7-80-13-17(84-99(37,38)39)23(90-105(55,56)57)28(95-110(70,71)72)24(91-106(58,59)60)18(13)85-100(40,41)42)11-78-5-8-81-14-19(86-101(43,44)45)25(92-107(61,62)63)29(96-111(73,74)75)26(93-108(64,65)66)20(14)87-102(46,47)48/h12-29H,2-11H2,1H3,(H2,31,32,33)(H2,34,35,36)(H2,37,38,39)(H2,40,41,42)(H2,43,44,45)(H2,46,47,48)(H2,49,50,51)(H2,52,53,54)(H2,55,56,57)(H2,58,59,60)(H2,61,62,63)(H2,64,65,66)(H2,67,68,69)(H2,70,71,72)(H2,73,74,75)/t12?,13?,14?,15-,16+,17-,18+,19-,20+,21+,22-,23+,24-,25+,26-,27?,28?,29?,30?. The van der Waals surface area contributed by atoms with Crippen molar-refractivity contribution < 1.29 is 312 Å². The molecule has 0 bridgehead atoms. The first-order valence-corrected chi connectivity index (χ1v) is 50.9. The lowest BCUT2D eigenvalue weighted by molar-refractivity contribution is -0.222. The van der Waals surface area contributed by atoms with Gasteiger partial charge in [0.25, 0.3) is 0 Å². The first kappa shape index (κ1) is 107. The topological polar surface area (TPSA) is 1060 Å². The minimum Gasteiger partial charge on any atom is -0.378 e. The van der Waals surface area contributed by atoms with Crippen LogP contribution in [0.15, 0.2) is 0 Å². The number of ether oxygens (including phenoxy) is 6. The van der Waals surface area contributed by atoms with Gasteiger partial charge >= 0.3 is 117 Å². The Bertz CT molecular complexity index is 3220. The van der Waals surface area contributed by atoms with Crippen molar-refractivity contribution in [3.63, 3.8) is 0 Å². The zero-order valence-electron chi connectivity index (χ0n) is 53.8. The van der Waals surface area contributed by atoms with Crippen LogP contribution in [0.3, 0.4) is 0 Å². The Labute approximate surface area is 615 Å². The van der Waals surface area contributed by atoms with E-state index < -0.39 is 299 Å². The fraction of sp³-hybridized carbons (Fsp3) is 1.00. The Morgan fingerprint density at radius 3 is 0.369 bits per heavy atom. The Morgan fingerprint density at radius 1 is 0.180 bits per heavy atom. The van der Waals surface area contributed by atoms with Gasteiger partial charge in [0.05, 0.1) is 59.5 Å². The minimum atomic E-state index is -6.35. The molecule has 66 nitrogen and oxygen atoms in total. The minimum absolute atomic E-state index is 0.552. The van der Waals surface area contributed by atoms with Crippen LogP contribution in [0.25, 0.3) is 0 Å². The van der Waals surface area contributed by atoms with Gasteiger partial charge in [0, 0.05) is 5.41 Å². The smallest absolute Gasteiger partial charge is 0.378 e. The highest BCUT2D eigenvalue weighted by Crippen LogP contribution is 2.61. The van der Waals surface area contributed by atoms with Gasteiger partial charge in [-0.05, 0) is 6.42 Å². The average Bonchev–Trinajstić information content (AvgIpc) is 0.759. The summed E-state index contributed by atoms with van der Waals surface area (Å²) in [6.07, 6.45) is -59.0. The van der Waals surface area contributed by atoms with Crippen molar-refractivity contribution in [1.82, 2.24) is 0 Å². The van der Waals surface area contributed by atoms with E-state index in [9.17, 15) is 215 Å². The predicted octanol–water partition coefficient (Wildman–Crippen LogP) is -7.20. The third-order valence-corrected chi connectivity index (χ3v) is 21.1. The second-order valence-corrected chi connectivity index (χ2v) is 39.8. The van der Waals surface area contributed by atoms with Crippen molar-refractivity contribution in [3.05, 3.63) is 0 Å². The normalized spacial score (nSPS) is 29.3. The first-order chi connectivity index (χ1) is 49.3. The molecular formula is C30H71O66P15. The van der Waals surface area contributed by atoms with Gasteiger partial charge in [-0.1, -0.05) is 6.92 Å². The predicted molar refractivity (Wildman–Crippen MR) is 328 cm³/mol. The van der Waals surface area contributed by atoms with E-state index in [1.54, 1.807) is 0 Å². The zero-order valence-corrected chi connectivity index (χ0v) is 67.2. The third-order valence-electron chi connectivity index (χ3n) is 13.3. The highest BCUT2D eigenvalue weighted by atomic mass is 31.2. The number of hydrogen-bond donors (Lipinski definition) is 30. The molecule has 6 unspecified atom stereocenters. The van der Waals surface area contributed by atoms with E-state index in [2.05, 4.69) is 67.9 Å². The molecule has 0 aromatic rings. The van der Waals surface area contributed by atoms with Crippen LogP contribution in [0.1, 0.15) is 13.3 Å². The van der Waals surface area contributed by atoms with Gasteiger partial charge < -0.3 is 175 Å². The van der Waals surface area contributed by atoms with Gasteiger partial charge in [-0.3, -0.25) is 67.9 Å². The van der Waals surface area contributed by atoms with E-state index in [1.165, 1.54) is 0 Å². The Hall–Kier alpha value is 1.41. The molecule has 0 saturated heterocycles. The van der Waals surface area contributed by atoms with Crippen molar-refractivity contribution >= 4 is 117 Å². The third kappa shape index (κ3) is 41.9. The lowest BCUT2D eigenvalue weighted by atomic mass is 9.85. The van der Waals surface area contributed by atoms with Crippen LogP contribution in [0.2, 0.25) is 0 Å². The molecule has 0 spiro atoms. The first-order valence-electron chi connectivity index (χ1n) is 27.9. The lowest BCUT2D eigenvalue weighted by Crippen LogP contribution is -2.66. The molecule has 0 aliphatic heterocycles. The van der Waals surface area contributed by atoms with E-state index in [0.717, 1.165) is 6.92 Å². The van der Waals surface area contributed by atoms with Gasteiger partial charge in [-0.25, -0.2) is 68.5 Å². The van der Waals surface area contributed by atoms with Crippen LogP contribution in [-0.4, -0.2) is 316 Å². The number of hydrogen-bond acceptors (Lipinski definition) is 36. The van der Waals surface area contributed by atoms with Crippen molar-refractivity contribution in [2.75, 3.05) is 59.5 Å². The largest absolute Gasteiger partial charge is 0.470 e. The highest BCUT2D eigenvalue weighted by Gasteiger charge is 2.66.